The third kappa shape index (κ3) is 4.78. The zero-order valence-electron chi connectivity index (χ0n) is 15.7. The van der Waals surface area contributed by atoms with E-state index in [-0.39, 0.29) is 11.8 Å². The molecular weight excluding hydrogens is 399 g/mol. The van der Waals surface area contributed by atoms with E-state index in [1.807, 2.05) is 19.1 Å². The zero-order valence-corrected chi connectivity index (χ0v) is 17.2. The van der Waals surface area contributed by atoms with Gasteiger partial charge in [-0.25, -0.2) is 0 Å². The molecule has 0 radical (unpaired) electrons. The van der Waals surface area contributed by atoms with Crippen molar-refractivity contribution in [3.63, 3.8) is 0 Å². The summed E-state index contributed by atoms with van der Waals surface area (Å²) < 4.78 is 5.60. The Morgan fingerprint density at radius 3 is 2.29 bits per heavy atom. The molecule has 148 valence electrons. The Balaban J connectivity index is 1.62. The summed E-state index contributed by atoms with van der Waals surface area (Å²) in [5, 5.41) is 0.821. The van der Waals surface area contributed by atoms with Crippen LogP contribution in [-0.2, 0) is 0 Å². The van der Waals surface area contributed by atoms with Crippen LogP contribution in [0.4, 0.5) is 0 Å². The highest BCUT2D eigenvalue weighted by Gasteiger charge is 2.26. The lowest BCUT2D eigenvalue weighted by Gasteiger charge is -2.35. The first-order valence-electron chi connectivity index (χ1n) is 9.26. The van der Waals surface area contributed by atoms with Crippen molar-refractivity contribution in [3.8, 4) is 5.75 Å². The van der Waals surface area contributed by atoms with Crippen LogP contribution in [0.25, 0.3) is 0 Å². The van der Waals surface area contributed by atoms with E-state index in [9.17, 15) is 9.59 Å². The van der Waals surface area contributed by atoms with Gasteiger partial charge in [-0.1, -0.05) is 36.2 Å². The molecule has 2 aromatic rings. The van der Waals surface area contributed by atoms with Gasteiger partial charge in [-0.2, -0.15) is 0 Å². The number of ether oxygens (including phenoxy) is 1. The van der Waals surface area contributed by atoms with Gasteiger partial charge in [0, 0.05) is 36.8 Å². The van der Waals surface area contributed by atoms with Crippen molar-refractivity contribution >= 4 is 35.0 Å². The normalized spacial score (nSPS) is 14.1. The van der Waals surface area contributed by atoms with Crippen molar-refractivity contribution in [3.05, 3.63) is 63.6 Å². The van der Waals surface area contributed by atoms with Gasteiger partial charge in [-0.3, -0.25) is 9.59 Å². The molecule has 3 rings (SSSR count). The molecule has 0 aliphatic carbocycles. The van der Waals surface area contributed by atoms with Crippen LogP contribution in [0, 0.1) is 0 Å². The topological polar surface area (TPSA) is 49.9 Å². The number of halogens is 2. The highest BCUT2D eigenvalue weighted by molar-refractivity contribution is 6.36. The van der Waals surface area contributed by atoms with Crippen molar-refractivity contribution in [2.75, 3.05) is 32.8 Å². The van der Waals surface area contributed by atoms with E-state index in [0.717, 1.165) is 6.42 Å². The Bertz CT molecular complexity index is 864. The number of hydrogen-bond donors (Lipinski definition) is 0. The van der Waals surface area contributed by atoms with Crippen molar-refractivity contribution in [1.82, 2.24) is 9.80 Å². The van der Waals surface area contributed by atoms with Gasteiger partial charge >= 0.3 is 0 Å². The van der Waals surface area contributed by atoms with Crippen molar-refractivity contribution < 1.29 is 14.3 Å². The largest absolute Gasteiger partial charge is 0.494 e. The number of carbonyl (C=O) groups is 2. The number of piperazine rings is 1. The third-order valence-electron chi connectivity index (χ3n) is 4.57. The second-order valence-corrected chi connectivity index (χ2v) is 7.43. The van der Waals surface area contributed by atoms with Gasteiger partial charge < -0.3 is 14.5 Å². The summed E-state index contributed by atoms with van der Waals surface area (Å²) in [4.78, 5) is 29.0. The maximum Gasteiger partial charge on any atom is 0.255 e. The molecule has 28 heavy (non-hydrogen) atoms. The summed E-state index contributed by atoms with van der Waals surface area (Å²) in [6.45, 7) is 4.50. The van der Waals surface area contributed by atoms with E-state index in [0.29, 0.717) is 59.7 Å². The van der Waals surface area contributed by atoms with Crippen molar-refractivity contribution in [2.45, 2.75) is 13.3 Å². The van der Waals surface area contributed by atoms with Crippen LogP contribution in [0.15, 0.2) is 42.5 Å². The number of rotatable bonds is 5. The number of nitrogens with zero attached hydrogens (tertiary/aromatic N) is 2. The predicted octanol–water partition coefficient (Wildman–Crippen LogP) is 4.38. The number of carbonyl (C=O) groups excluding carboxylic acids is 2. The van der Waals surface area contributed by atoms with Crippen LogP contribution in [0.5, 0.6) is 5.75 Å². The Kier molecular flexibility index (Phi) is 6.81. The molecule has 1 aliphatic heterocycles. The standard InChI is InChI=1S/C21H22Cl2N2O3/c1-2-12-28-17-5-3-4-15(13-17)20(26)24-8-10-25(11-9-24)21(27)18-7-6-16(22)14-19(18)23/h3-7,13-14H,2,8-12H2,1H3. The molecule has 1 fully saturated rings. The van der Waals surface area contributed by atoms with Crippen molar-refractivity contribution in [2.24, 2.45) is 0 Å². The quantitative estimate of drug-likeness (QED) is 0.720. The molecule has 1 aliphatic rings. The molecular formula is C21H22Cl2N2O3. The minimum atomic E-state index is -0.149. The monoisotopic (exact) mass is 420 g/mol. The van der Waals surface area contributed by atoms with E-state index < -0.39 is 0 Å². The third-order valence-corrected chi connectivity index (χ3v) is 5.12. The summed E-state index contributed by atoms with van der Waals surface area (Å²) in [7, 11) is 0. The van der Waals surface area contributed by atoms with Gasteiger partial charge in [0.15, 0.2) is 0 Å². The second kappa shape index (κ2) is 9.30. The van der Waals surface area contributed by atoms with E-state index in [4.69, 9.17) is 27.9 Å². The Hall–Kier alpha value is -2.24. The van der Waals surface area contributed by atoms with Gasteiger partial charge in [0.1, 0.15) is 5.75 Å². The molecule has 0 N–H and O–H groups in total. The molecule has 2 aromatic carbocycles. The first-order chi connectivity index (χ1) is 13.5. The maximum absolute atomic E-state index is 12.8. The molecule has 2 amide bonds. The maximum atomic E-state index is 12.8. The molecule has 0 saturated carbocycles. The highest BCUT2D eigenvalue weighted by Crippen LogP contribution is 2.23. The van der Waals surface area contributed by atoms with Crippen molar-refractivity contribution in [1.29, 1.82) is 0 Å². The van der Waals surface area contributed by atoms with Crippen LogP contribution >= 0.6 is 23.2 Å². The zero-order chi connectivity index (χ0) is 20.1. The molecule has 0 spiro atoms. The predicted molar refractivity (Wildman–Crippen MR) is 110 cm³/mol. The number of benzene rings is 2. The fraction of sp³-hybridized carbons (Fsp3) is 0.333. The van der Waals surface area contributed by atoms with Crippen LogP contribution < -0.4 is 4.74 Å². The van der Waals surface area contributed by atoms with Crippen LogP contribution in [0.3, 0.4) is 0 Å². The van der Waals surface area contributed by atoms with Gasteiger partial charge in [-0.15, -0.1) is 0 Å². The molecule has 7 heteroatoms. The van der Waals surface area contributed by atoms with E-state index in [1.165, 1.54) is 0 Å². The molecule has 0 unspecified atom stereocenters. The van der Waals surface area contributed by atoms with Crippen LogP contribution in [0.1, 0.15) is 34.1 Å². The Morgan fingerprint density at radius 1 is 0.964 bits per heavy atom. The van der Waals surface area contributed by atoms with Gasteiger partial charge in [0.25, 0.3) is 11.8 Å². The van der Waals surface area contributed by atoms with E-state index >= 15 is 0 Å². The lowest BCUT2D eigenvalue weighted by atomic mass is 10.1. The van der Waals surface area contributed by atoms with Crippen LogP contribution in [0.2, 0.25) is 10.0 Å². The molecule has 1 saturated heterocycles. The lowest BCUT2D eigenvalue weighted by molar-refractivity contribution is 0.0535. The van der Waals surface area contributed by atoms with E-state index in [1.54, 1.807) is 40.1 Å². The first-order valence-corrected chi connectivity index (χ1v) is 10.0. The number of amides is 2. The molecule has 0 atom stereocenters. The molecule has 5 nitrogen and oxygen atoms in total. The molecule has 0 aromatic heterocycles. The average molecular weight is 421 g/mol. The lowest BCUT2D eigenvalue weighted by Crippen LogP contribution is -2.50. The Morgan fingerprint density at radius 2 is 1.64 bits per heavy atom. The second-order valence-electron chi connectivity index (χ2n) is 6.58. The van der Waals surface area contributed by atoms with Gasteiger partial charge in [0.05, 0.1) is 17.2 Å². The summed E-state index contributed by atoms with van der Waals surface area (Å²) in [6, 6.07) is 12.1. The highest BCUT2D eigenvalue weighted by atomic mass is 35.5. The van der Waals surface area contributed by atoms with Gasteiger partial charge in [-0.05, 0) is 42.8 Å². The minimum absolute atomic E-state index is 0.0569. The Labute approximate surface area is 174 Å². The molecule has 1 heterocycles. The first kappa shape index (κ1) is 20.5. The fourth-order valence-electron chi connectivity index (χ4n) is 3.07. The van der Waals surface area contributed by atoms with E-state index in [2.05, 4.69) is 0 Å². The number of hydrogen-bond acceptors (Lipinski definition) is 3. The summed E-state index contributed by atoms with van der Waals surface area (Å²) in [6.07, 6.45) is 0.909. The van der Waals surface area contributed by atoms with Gasteiger partial charge in [0.2, 0.25) is 0 Å². The summed E-state index contributed by atoms with van der Waals surface area (Å²) in [5.74, 6) is 0.487. The minimum Gasteiger partial charge on any atom is -0.494 e. The SMILES string of the molecule is CCCOc1cccc(C(=O)N2CCN(C(=O)c3ccc(Cl)cc3Cl)CC2)c1. The smallest absolute Gasteiger partial charge is 0.255 e. The summed E-state index contributed by atoms with van der Waals surface area (Å²) in [5.41, 5.74) is 1.01. The average Bonchev–Trinajstić information content (AvgIpc) is 2.71. The summed E-state index contributed by atoms with van der Waals surface area (Å²) >= 11 is 12.0. The fourth-order valence-corrected chi connectivity index (χ4v) is 3.56. The van der Waals surface area contributed by atoms with Crippen LogP contribution in [-0.4, -0.2) is 54.4 Å². The molecule has 0 bridgehead atoms.